The van der Waals surface area contributed by atoms with Crippen molar-refractivity contribution in [1.29, 1.82) is 0 Å². The Kier molecular flexibility index (Phi) is 4.19. The molecule has 1 aromatic heterocycles. The van der Waals surface area contributed by atoms with E-state index in [0.717, 1.165) is 54.2 Å². The first-order chi connectivity index (χ1) is 14.7. The molecule has 2 fully saturated rings. The smallest absolute Gasteiger partial charge is 0.283 e. The molecular formula is C23H26N4O3. The number of fused-ring (bicyclic) bond motifs is 4. The highest BCUT2D eigenvalue weighted by atomic mass is 16.5. The van der Waals surface area contributed by atoms with Gasteiger partial charge in [-0.15, -0.1) is 0 Å². The minimum absolute atomic E-state index is 0.0995. The average Bonchev–Trinajstić information content (AvgIpc) is 3.54. The largest absolute Gasteiger partial charge is 0.490 e. The summed E-state index contributed by atoms with van der Waals surface area (Å²) in [5.41, 5.74) is 8.55. The van der Waals surface area contributed by atoms with Gasteiger partial charge in [-0.05, 0) is 55.7 Å². The molecule has 2 N–H and O–H groups in total. The van der Waals surface area contributed by atoms with E-state index in [-0.39, 0.29) is 24.1 Å². The van der Waals surface area contributed by atoms with Gasteiger partial charge in [0.2, 0.25) is 0 Å². The highest BCUT2D eigenvalue weighted by molar-refractivity contribution is 5.75. The molecule has 7 nitrogen and oxygen atoms in total. The molecule has 3 heterocycles. The third-order valence-electron chi connectivity index (χ3n) is 6.98. The van der Waals surface area contributed by atoms with Gasteiger partial charge < -0.3 is 19.9 Å². The zero-order valence-corrected chi connectivity index (χ0v) is 16.9. The maximum absolute atomic E-state index is 6.48. The lowest BCUT2D eigenvalue weighted by atomic mass is 9.67. The first kappa shape index (κ1) is 18.1. The number of hydrogen-bond donors (Lipinski definition) is 1. The van der Waals surface area contributed by atoms with Crippen LogP contribution in [0.2, 0.25) is 0 Å². The number of benzene rings is 1. The van der Waals surface area contributed by atoms with Gasteiger partial charge in [-0.3, -0.25) is 0 Å². The molecule has 0 bridgehead atoms. The van der Waals surface area contributed by atoms with Crippen molar-refractivity contribution in [3.8, 4) is 16.9 Å². The van der Waals surface area contributed by atoms with Crippen LogP contribution in [0.4, 0.5) is 0 Å². The minimum atomic E-state index is -0.532. The maximum Gasteiger partial charge on any atom is 0.283 e. The number of ether oxygens (including phenoxy) is 3. The zero-order chi connectivity index (χ0) is 20.1. The Morgan fingerprint density at radius 2 is 1.97 bits per heavy atom. The van der Waals surface area contributed by atoms with Crippen molar-refractivity contribution in [2.45, 2.75) is 49.9 Å². The maximum atomic E-state index is 6.48. The van der Waals surface area contributed by atoms with Gasteiger partial charge >= 0.3 is 0 Å². The van der Waals surface area contributed by atoms with Crippen LogP contribution < -0.4 is 10.5 Å². The Labute approximate surface area is 175 Å². The number of aliphatic imine (C=N–C) groups is 1. The number of aromatic nitrogens is 2. The second-order valence-corrected chi connectivity index (χ2v) is 8.98. The molecule has 30 heavy (non-hydrogen) atoms. The standard InChI is InChI=1S/C23H26N4O3/c24-22-27-23(12-29-22)18-7-15(16-9-25-13-26-10-16)3-5-20(18)30-21-6-4-17(8-19(21)23)28-11-14-1-2-14/h3,5,7,9-10,13-14,17,19,21H,1-2,4,6,8,11-12H2,(H2,24,27)/t17?,19-,21?,23-/m0/s1. The van der Waals surface area contributed by atoms with E-state index in [4.69, 9.17) is 24.9 Å². The quantitative estimate of drug-likeness (QED) is 0.839. The first-order valence-electron chi connectivity index (χ1n) is 10.9. The van der Waals surface area contributed by atoms with Gasteiger partial charge in [0.15, 0.2) is 0 Å². The second kappa shape index (κ2) is 6.94. The molecule has 4 atom stereocenters. The summed E-state index contributed by atoms with van der Waals surface area (Å²) >= 11 is 0. The highest BCUT2D eigenvalue weighted by Crippen LogP contribution is 2.53. The van der Waals surface area contributed by atoms with E-state index < -0.39 is 5.54 Å². The molecule has 1 aromatic carbocycles. The summed E-state index contributed by atoms with van der Waals surface area (Å²) in [4.78, 5) is 13.2. The summed E-state index contributed by atoms with van der Waals surface area (Å²) in [6.45, 7) is 1.33. The molecule has 156 valence electrons. The summed E-state index contributed by atoms with van der Waals surface area (Å²) in [5.74, 6) is 1.81. The van der Waals surface area contributed by atoms with Crippen molar-refractivity contribution in [3.63, 3.8) is 0 Å². The molecule has 4 aliphatic rings. The minimum Gasteiger partial charge on any atom is -0.490 e. The summed E-state index contributed by atoms with van der Waals surface area (Å²) in [6.07, 6.45) is 11.0. The molecule has 2 aliphatic carbocycles. The van der Waals surface area contributed by atoms with Gasteiger partial charge in [0.1, 0.15) is 30.3 Å². The summed E-state index contributed by atoms with van der Waals surface area (Å²) in [6, 6.07) is 6.49. The summed E-state index contributed by atoms with van der Waals surface area (Å²) < 4.78 is 18.5. The average molecular weight is 406 g/mol. The van der Waals surface area contributed by atoms with Crippen LogP contribution in [-0.4, -0.2) is 41.4 Å². The highest BCUT2D eigenvalue weighted by Gasteiger charge is 2.55. The van der Waals surface area contributed by atoms with Crippen LogP contribution in [0, 0.1) is 11.8 Å². The fourth-order valence-corrected chi connectivity index (χ4v) is 5.19. The molecule has 0 amide bonds. The van der Waals surface area contributed by atoms with Crippen LogP contribution in [-0.2, 0) is 15.0 Å². The lowest BCUT2D eigenvalue weighted by Gasteiger charge is -2.48. The van der Waals surface area contributed by atoms with Gasteiger partial charge in [0.25, 0.3) is 6.02 Å². The molecule has 0 saturated heterocycles. The van der Waals surface area contributed by atoms with Gasteiger partial charge in [-0.2, -0.15) is 0 Å². The first-order valence-corrected chi connectivity index (χ1v) is 10.9. The van der Waals surface area contributed by atoms with Crippen molar-refractivity contribution >= 4 is 6.02 Å². The van der Waals surface area contributed by atoms with Gasteiger partial charge in [-0.25, -0.2) is 15.0 Å². The lowest BCUT2D eigenvalue weighted by molar-refractivity contribution is -0.0643. The van der Waals surface area contributed by atoms with Gasteiger partial charge in [-0.1, -0.05) is 6.07 Å². The normalized spacial score (nSPS) is 32.0. The number of nitrogens with zero attached hydrogens (tertiary/aromatic N) is 3. The van der Waals surface area contributed by atoms with E-state index >= 15 is 0 Å². The molecule has 7 heteroatoms. The van der Waals surface area contributed by atoms with Crippen molar-refractivity contribution in [2.75, 3.05) is 13.2 Å². The van der Waals surface area contributed by atoms with E-state index in [2.05, 4.69) is 22.1 Å². The van der Waals surface area contributed by atoms with Crippen molar-refractivity contribution < 1.29 is 14.2 Å². The molecule has 0 radical (unpaired) electrons. The van der Waals surface area contributed by atoms with Crippen LogP contribution >= 0.6 is 0 Å². The van der Waals surface area contributed by atoms with Crippen LogP contribution in [0.1, 0.15) is 37.7 Å². The molecule has 6 rings (SSSR count). The van der Waals surface area contributed by atoms with Crippen molar-refractivity contribution in [2.24, 2.45) is 22.6 Å². The van der Waals surface area contributed by atoms with Crippen LogP contribution in [0.5, 0.6) is 5.75 Å². The van der Waals surface area contributed by atoms with E-state index in [0.29, 0.717) is 6.61 Å². The second-order valence-electron chi connectivity index (χ2n) is 8.98. The van der Waals surface area contributed by atoms with Crippen LogP contribution in [0.3, 0.4) is 0 Å². The van der Waals surface area contributed by atoms with E-state index in [1.54, 1.807) is 0 Å². The molecule has 2 saturated carbocycles. The molecular weight excluding hydrogens is 380 g/mol. The molecule has 2 aromatic rings. The van der Waals surface area contributed by atoms with Crippen molar-refractivity contribution in [1.82, 2.24) is 9.97 Å². The Bertz CT molecular complexity index is 978. The molecule has 1 spiro atoms. The molecule has 2 aliphatic heterocycles. The van der Waals surface area contributed by atoms with Crippen LogP contribution in [0.15, 0.2) is 41.9 Å². The summed E-state index contributed by atoms with van der Waals surface area (Å²) in [7, 11) is 0. The van der Waals surface area contributed by atoms with Gasteiger partial charge in [0, 0.05) is 36.0 Å². The zero-order valence-electron chi connectivity index (χ0n) is 16.9. The number of hydrogen-bond acceptors (Lipinski definition) is 7. The lowest BCUT2D eigenvalue weighted by Crippen LogP contribution is -2.52. The fraction of sp³-hybridized carbons (Fsp3) is 0.522. The molecule has 2 unspecified atom stereocenters. The topological polar surface area (TPSA) is 91.9 Å². The number of amidine groups is 1. The monoisotopic (exact) mass is 406 g/mol. The Balaban J connectivity index is 1.38. The Hall–Kier alpha value is -2.67. The van der Waals surface area contributed by atoms with Gasteiger partial charge in [0.05, 0.1) is 6.10 Å². The predicted molar refractivity (Wildman–Crippen MR) is 111 cm³/mol. The fourth-order valence-electron chi connectivity index (χ4n) is 5.19. The Morgan fingerprint density at radius 3 is 2.73 bits per heavy atom. The number of nitrogens with two attached hydrogens (primary N) is 1. The third kappa shape index (κ3) is 3.03. The summed E-state index contributed by atoms with van der Waals surface area (Å²) in [5, 5.41) is 0. The Morgan fingerprint density at radius 1 is 1.10 bits per heavy atom. The third-order valence-corrected chi connectivity index (χ3v) is 6.98. The van der Waals surface area contributed by atoms with E-state index in [1.807, 2.05) is 18.5 Å². The van der Waals surface area contributed by atoms with Crippen molar-refractivity contribution in [3.05, 3.63) is 42.5 Å². The number of rotatable bonds is 4. The van der Waals surface area contributed by atoms with E-state index in [9.17, 15) is 0 Å². The predicted octanol–water partition coefficient (Wildman–Crippen LogP) is 3.04. The van der Waals surface area contributed by atoms with Crippen LogP contribution in [0.25, 0.3) is 11.1 Å². The SMILES string of the molecule is NC1=N[C@@]2(CO1)c1cc(-c3cncnc3)ccc1OC1CCC(OCC3CC3)C[C@@H]12. The van der Waals surface area contributed by atoms with E-state index in [1.165, 1.54) is 19.2 Å².